The van der Waals surface area contributed by atoms with Gasteiger partial charge in [0.1, 0.15) is 0 Å². The molecule has 0 saturated heterocycles. The van der Waals surface area contributed by atoms with E-state index in [2.05, 4.69) is 0 Å². The van der Waals surface area contributed by atoms with E-state index < -0.39 is 0 Å². The Labute approximate surface area is 38.0 Å². The smallest absolute Gasteiger partial charge is 0.0660 e. The molecule has 6 heavy (non-hydrogen) atoms. The molecule has 2 atom stereocenters. The molecule has 0 fully saturated rings. The van der Waals surface area contributed by atoms with Gasteiger partial charge in [-0.2, -0.15) is 0 Å². The molecule has 0 heterocycles. The van der Waals surface area contributed by atoms with E-state index in [9.17, 15) is 0 Å². The zero-order valence-corrected chi connectivity index (χ0v) is 4.18. The zero-order chi connectivity index (χ0) is 5.15. The summed E-state index contributed by atoms with van der Waals surface area (Å²) in [4.78, 5) is 0. The summed E-state index contributed by atoms with van der Waals surface area (Å²) in [5.41, 5.74) is 5.19. The molecule has 0 aliphatic rings. The van der Waals surface area contributed by atoms with Crippen molar-refractivity contribution in [2.24, 2.45) is 5.73 Å². The van der Waals surface area contributed by atoms with Crippen LogP contribution in [-0.2, 0) is 0 Å². The SMILES string of the molecule is C[C@H](N)[C@H](C)O. The predicted octanol–water partition coefficient (Wildman–Crippen LogP) is -0.286. The highest BCUT2D eigenvalue weighted by Crippen LogP contribution is 1.81. The van der Waals surface area contributed by atoms with Crippen LogP contribution in [0.4, 0.5) is 0 Å². The molecule has 0 amide bonds. The van der Waals surface area contributed by atoms with E-state index in [1.165, 1.54) is 0 Å². The molecule has 0 aromatic carbocycles. The lowest BCUT2D eigenvalue weighted by molar-refractivity contribution is 0.170. The minimum absolute atomic E-state index is 0.0926. The minimum Gasteiger partial charge on any atom is -0.392 e. The topological polar surface area (TPSA) is 46.2 Å². The van der Waals surface area contributed by atoms with E-state index in [1.807, 2.05) is 0 Å². The van der Waals surface area contributed by atoms with Crippen molar-refractivity contribution in [2.75, 3.05) is 0 Å². The van der Waals surface area contributed by atoms with Crippen LogP contribution in [0.3, 0.4) is 0 Å². The van der Waals surface area contributed by atoms with Crippen LogP contribution in [0.15, 0.2) is 0 Å². The van der Waals surface area contributed by atoms with E-state index in [0.717, 1.165) is 0 Å². The van der Waals surface area contributed by atoms with Crippen molar-refractivity contribution >= 4 is 0 Å². The fourth-order valence-electron chi connectivity index (χ4n) is 0. The maximum Gasteiger partial charge on any atom is 0.0660 e. The first-order valence-electron chi connectivity index (χ1n) is 2.08. The summed E-state index contributed by atoms with van der Waals surface area (Å²) in [7, 11) is 0. The minimum atomic E-state index is -0.370. The van der Waals surface area contributed by atoms with Crippen LogP contribution in [0.5, 0.6) is 0 Å². The number of aliphatic hydroxyl groups excluding tert-OH is 1. The molecule has 0 aromatic rings. The van der Waals surface area contributed by atoms with Gasteiger partial charge in [-0.25, -0.2) is 0 Å². The van der Waals surface area contributed by atoms with Gasteiger partial charge in [0.05, 0.1) is 6.10 Å². The molecular formula is C4H11NO. The number of hydrogen-bond acceptors (Lipinski definition) is 2. The Morgan fingerprint density at radius 1 is 1.50 bits per heavy atom. The van der Waals surface area contributed by atoms with Crippen molar-refractivity contribution in [3.8, 4) is 0 Å². The molecule has 2 nitrogen and oxygen atoms in total. The van der Waals surface area contributed by atoms with Crippen molar-refractivity contribution < 1.29 is 5.11 Å². The molecule has 38 valence electrons. The normalized spacial score (nSPS) is 20.0. The maximum atomic E-state index is 8.50. The highest BCUT2D eigenvalue weighted by Gasteiger charge is 1.97. The number of hydrogen-bond donors (Lipinski definition) is 2. The van der Waals surface area contributed by atoms with Gasteiger partial charge in [0.25, 0.3) is 0 Å². The fraction of sp³-hybridized carbons (Fsp3) is 1.00. The van der Waals surface area contributed by atoms with E-state index >= 15 is 0 Å². The highest BCUT2D eigenvalue weighted by atomic mass is 16.3. The van der Waals surface area contributed by atoms with Crippen molar-refractivity contribution in [3.63, 3.8) is 0 Å². The second-order valence-electron chi connectivity index (χ2n) is 1.60. The third-order valence-electron chi connectivity index (χ3n) is 0.761. The Morgan fingerprint density at radius 2 is 1.67 bits per heavy atom. The lowest BCUT2D eigenvalue weighted by atomic mass is 10.2. The molecule has 0 bridgehead atoms. The number of rotatable bonds is 1. The summed E-state index contributed by atoms with van der Waals surface area (Å²) in [6, 6.07) is -0.0926. The standard InChI is InChI=1S/C4H11NO/c1-3(5)4(2)6/h3-4,6H,5H2,1-2H3/t3-,4-/m0/s1. The second kappa shape index (κ2) is 2.16. The summed E-state index contributed by atoms with van der Waals surface area (Å²) >= 11 is 0. The second-order valence-corrected chi connectivity index (χ2v) is 1.60. The van der Waals surface area contributed by atoms with Crippen LogP contribution in [-0.4, -0.2) is 17.3 Å². The van der Waals surface area contributed by atoms with Gasteiger partial charge < -0.3 is 10.8 Å². The summed E-state index contributed by atoms with van der Waals surface area (Å²) in [6.07, 6.45) is -0.370. The van der Waals surface area contributed by atoms with E-state index in [1.54, 1.807) is 13.8 Å². The molecule has 0 radical (unpaired) electrons. The number of nitrogens with two attached hydrogens (primary N) is 1. The molecule has 0 rings (SSSR count). The van der Waals surface area contributed by atoms with E-state index in [4.69, 9.17) is 10.8 Å². The first-order valence-corrected chi connectivity index (χ1v) is 2.08. The zero-order valence-electron chi connectivity index (χ0n) is 4.18. The van der Waals surface area contributed by atoms with Gasteiger partial charge in [-0.1, -0.05) is 0 Å². The lowest BCUT2D eigenvalue weighted by Crippen LogP contribution is -2.28. The predicted molar refractivity (Wildman–Crippen MR) is 25.3 cm³/mol. The van der Waals surface area contributed by atoms with Gasteiger partial charge in [0.2, 0.25) is 0 Å². The first-order chi connectivity index (χ1) is 2.64. The molecule has 0 aliphatic heterocycles. The Morgan fingerprint density at radius 3 is 1.67 bits per heavy atom. The lowest BCUT2D eigenvalue weighted by Gasteiger charge is -2.04. The number of aliphatic hydroxyl groups is 1. The van der Waals surface area contributed by atoms with Crippen LogP contribution < -0.4 is 5.73 Å². The Kier molecular flexibility index (Phi) is 2.13. The van der Waals surface area contributed by atoms with E-state index in [-0.39, 0.29) is 12.1 Å². The van der Waals surface area contributed by atoms with Crippen molar-refractivity contribution in [1.82, 2.24) is 0 Å². The largest absolute Gasteiger partial charge is 0.392 e. The van der Waals surface area contributed by atoms with Gasteiger partial charge in [-0.3, -0.25) is 0 Å². The van der Waals surface area contributed by atoms with Crippen LogP contribution >= 0.6 is 0 Å². The van der Waals surface area contributed by atoms with Gasteiger partial charge >= 0.3 is 0 Å². The molecule has 3 N–H and O–H groups in total. The summed E-state index contributed by atoms with van der Waals surface area (Å²) in [6.45, 7) is 3.44. The average molecular weight is 89.1 g/mol. The Bertz CT molecular complexity index is 28.5. The monoisotopic (exact) mass is 89.1 g/mol. The Balaban J connectivity index is 2.99. The van der Waals surface area contributed by atoms with Crippen molar-refractivity contribution in [2.45, 2.75) is 26.0 Å². The molecule has 0 unspecified atom stereocenters. The van der Waals surface area contributed by atoms with Gasteiger partial charge in [0, 0.05) is 6.04 Å². The molecule has 0 aliphatic carbocycles. The first kappa shape index (κ1) is 5.92. The third kappa shape index (κ3) is 2.18. The van der Waals surface area contributed by atoms with Gasteiger partial charge in [0.15, 0.2) is 0 Å². The third-order valence-corrected chi connectivity index (χ3v) is 0.761. The molecular weight excluding hydrogens is 78.0 g/mol. The molecule has 0 aromatic heterocycles. The van der Waals surface area contributed by atoms with Crippen LogP contribution in [0.2, 0.25) is 0 Å². The van der Waals surface area contributed by atoms with Crippen molar-refractivity contribution in [1.29, 1.82) is 0 Å². The highest BCUT2D eigenvalue weighted by molar-refractivity contribution is 4.57. The quantitative estimate of drug-likeness (QED) is 0.464. The van der Waals surface area contributed by atoms with Gasteiger partial charge in [-0.05, 0) is 13.8 Å². The molecule has 0 spiro atoms. The summed E-state index contributed by atoms with van der Waals surface area (Å²) < 4.78 is 0. The fourth-order valence-corrected chi connectivity index (χ4v) is 0. The van der Waals surface area contributed by atoms with Crippen molar-refractivity contribution in [3.05, 3.63) is 0 Å². The van der Waals surface area contributed by atoms with Crippen LogP contribution in [0.25, 0.3) is 0 Å². The van der Waals surface area contributed by atoms with Crippen LogP contribution in [0, 0.1) is 0 Å². The van der Waals surface area contributed by atoms with Crippen LogP contribution in [0.1, 0.15) is 13.8 Å². The van der Waals surface area contributed by atoms with Gasteiger partial charge in [-0.15, -0.1) is 0 Å². The van der Waals surface area contributed by atoms with E-state index in [0.29, 0.717) is 0 Å². The maximum absolute atomic E-state index is 8.50. The molecule has 0 saturated carbocycles. The average Bonchev–Trinajstić information content (AvgIpc) is 1.36. The summed E-state index contributed by atoms with van der Waals surface area (Å²) in [5, 5.41) is 8.50. The summed E-state index contributed by atoms with van der Waals surface area (Å²) in [5.74, 6) is 0. The molecule has 2 heteroatoms. The Hall–Kier alpha value is -0.0800.